The largest absolute Gasteiger partial charge is 0.354 e. The van der Waals surface area contributed by atoms with Crippen LogP contribution in [0.2, 0.25) is 0 Å². The smallest absolute Gasteiger partial charge is 0.243 e. The van der Waals surface area contributed by atoms with E-state index in [1.54, 1.807) is 18.2 Å². The van der Waals surface area contributed by atoms with E-state index in [1.165, 1.54) is 11.0 Å². The molecule has 28 heavy (non-hydrogen) atoms. The van der Waals surface area contributed by atoms with Gasteiger partial charge >= 0.3 is 0 Å². The van der Waals surface area contributed by atoms with Gasteiger partial charge in [0.15, 0.2) is 0 Å². The molecular formula is C23H29FN2O2. The van der Waals surface area contributed by atoms with Crippen LogP contribution in [0.25, 0.3) is 0 Å². The summed E-state index contributed by atoms with van der Waals surface area (Å²) in [6.07, 6.45) is 2.18. The molecule has 150 valence electrons. The van der Waals surface area contributed by atoms with Crippen LogP contribution < -0.4 is 5.32 Å². The van der Waals surface area contributed by atoms with Crippen LogP contribution in [0.15, 0.2) is 54.6 Å². The van der Waals surface area contributed by atoms with Crippen molar-refractivity contribution in [1.82, 2.24) is 10.2 Å². The highest BCUT2D eigenvalue weighted by Crippen LogP contribution is 2.18. The van der Waals surface area contributed by atoms with E-state index in [4.69, 9.17) is 0 Å². The van der Waals surface area contributed by atoms with E-state index in [0.717, 1.165) is 12.0 Å². The van der Waals surface area contributed by atoms with Gasteiger partial charge in [0.25, 0.3) is 0 Å². The first-order valence-corrected chi connectivity index (χ1v) is 9.91. The van der Waals surface area contributed by atoms with Gasteiger partial charge in [-0.1, -0.05) is 62.4 Å². The minimum atomic E-state index is -0.687. The van der Waals surface area contributed by atoms with Gasteiger partial charge < -0.3 is 10.2 Å². The Kier molecular flexibility index (Phi) is 8.66. The second kappa shape index (κ2) is 11.2. The van der Waals surface area contributed by atoms with Crippen molar-refractivity contribution in [2.75, 3.05) is 6.54 Å². The monoisotopic (exact) mass is 384 g/mol. The summed E-state index contributed by atoms with van der Waals surface area (Å²) in [7, 11) is 0. The van der Waals surface area contributed by atoms with Crippen molar-refractivity contribution >= 4 is 11.8 Å². The predicted octanol–water partition coefficient (Wildman–Crippen LogP) is 4.09. The molecule has 0 spiro atoms. The quantitative estimate of drug-likeness (QED) is 0.671. The normalized spacial score (nSPS) is 11.7. The Morgan fingerprint density at radius 2 is 1.68 bits per heavy atom. The molecule has 0 aliphatic carbocycles. The average Bonchev–Trinajstić information content (AvgIpc) is 2.71. The van der Waals surface area contributed by atoms with E-state index >= 15 is 0 Å². The maximum atomic E-state index is 14.3. The molecule has 0 aliphatic rings. The SMILES string of the molecule is CCCNC(=O)[C@H](Cc1ccccc1)N(Cc1ccccc1F)C(=O)CCC. The van der Waals surface area contributed by atoms with E-state index in [9.17, 15) is 14.0 Å². The summed E-state index contributed by atoms with van der Waals surface area (Å²) in [4.78, 5) is 27.4. The van der Waals surface area contributed by atoms with Crippen LogP contribution >= 0.6 is 0 Å². The van der Waals surface area contributed by atoms with Crippen molar-refractivity contribution in [3.8, 4) is 0 Å². The van der Waals surface area contributed by atoms with Gasteiger partial charge in [-0.05, 0) is 24.5 Å². The molecule has 1 atom stereocenters. The van der Waals surface area contributed by atoms with Crippen molar-refractivity contribution in [3.05, 3.63) is 71.5 Å². The Labute approximate surface area is 166 Å². The maximum Gasteiger partial charge on any atom is 0.243 e. The van der Waals surface area contributed by atoms with E-state index in [-0.39, 0.29) is 24.2 Å². The summed E-state index contributed by atoms with van der Waals surface area (Å²) < 4.78 is 14.3. The fourth-order valence-corrected chi connectivity index (χ4v) is 3.09. The number of amides is 2. The second-order valence-corrected chi connectivity index (χ2v) is 6.86. The summed E-state index contributed by atoms with van der Waals surface area (Å²) >= 11 is 0. The van der Waals surface area contributed by atoms with Crippen LogP contribution in [0.1, 0.15) is 44.2 Å². The van der Waals surface area contributed by atoms with Crippen molar-refractivity contribution in [2.45, 2.75) is 52.1 Å². The fourth-order valence-electron chi connectivity index (χ4n) is 3.09. The minimum Gasteiger partial charge on any atom is -0.354 e. The van der Waals surface area contributed by atoms with Gasteiger partial charge in [-0.2, -0.15) is 0 Å². The first-order valence-electron chi connectivity index (χ1n) is 9.91. The third-order valence-electron chi connectivity index (χ3n) is 4.58. The zero-order valence-corrected chi connectivity index (χ0v) is 16.7. The maximum absolute atomic E-state index is 14.3. The number of carbonyl (C=O) groups excluding carboxylic acids is 2. The topological polar surface area (TPSA) is 49.4 Å². The molecule has 0 unspecified atom stereocenters. The lowest BCUT2D eigenvalue weighted by Crippen LogP contribution is -2.50. The summed E-state index contributed by atoms with van der Waals surface area (Å²) in [6.45, 7) is 4.51. The number of rotatable bonds is 10. The molecule has 1 N–H and O–H groups in total. The average molecular weight is 384 g/mol. The molecule has 0 bridgehead atoms. The molecule has 0 heterocycles. The molecule has 0 saturated heterocycles. The molecule has 4 nitrogen and oxygen atoms in total. The van der Waals surface area contributed by atoms with E-state index in [2.05, 4.69) is 5.32 Å². The zero-order valence-electron chi connectivity index (χ0n) is 16.7. The van der Waals surface area contributed by atoms with Gasteiger partial charge in [0.2, 0.25) is 11.8 Å². The standard InChI is InChI=1S/C23H29FN2O2/c1-3-10-22(27)26(17-19-13-8-9-14-20(19)24)21(23(28)25-15-4-2)16-18-11-6-5-7-12-18/h5-9,11-14,21H,3-4,10,15-17H2,1-2H3,(H,25,28)/t21-/m0/s1. The Balaban J connectivity index is 2.36. The highest BCUT2D eigenvalue weighted by molar-refractivity contribution is 5.88. The minimum absolute atomic E-state index is 0.0720. The van der Waals surface area contributed by atoms with Crippen molar-refractivity contribution < 1.29 is 14.0 Å². The van der Waals surface area contributed by atoms with Gasteiger partial charge in [-0.25, -0.2) is 4.39 Å². The van der Waals surface area contributed by atoms with Crippen LogP contribution in [0.4, 0.5) is 4.39 Å². The fraction of sp³-hybridized carbons (Fsp3) is 0.391. The first kappa shape index (κ1) is 21.6. The number of nitrogens with one attached hydrogen (secondary N) is 1. The van der Waals surface area contributed by atoms with E-state index < -0.39 is 6.04 Å². The van der Waals surface area contributed by atoms with E-state index in [0.29, 0.717) is 31.4 Å². The summed E-state index contributed by atoms with van der Waals surface area (Å²) in [6, 6.07) is 15.3. The van der Waals surface area contributed by atoms with Gasteiger partial charge in [0.05, 0.1) is 0 Å². The third-order valence-corrected chi connectivity index (χ3v) is 4.58. The lowest BCUT2D eigenvalue weighted by Gasteiger charge is -2.31. The lowest BCUT2D eigenvalue weighted by molar-refractivity contribution is -0.141. The number of halogens is 1. The van der Waals surface area contributed by atoms with Gasteiger partial charge in [0.1, 0.15) is 11.9 Å². The van der Waals surface area contributed by atoms with Crippen LogP contribution in [-0.2, 0) is 22.6 Å². The molecule has 2 rings (SSSR count). The number of benzene rings is 2. The Morgan fingerprint density at radius 3 is 2.32 bits per heavy atom. The number of hydrogen-bond acceptors (Lipinski definition) is 2. The van der Waals surface area contributed by atoms with Gasteiger partial charge in [-0.15, -0.1) is 0 Å². The van der Waals surface area contributed by atoms with Crippen molar-refractivity contribution in [3.63, 3.8) is 0 Å². The summed E-state index contributed by atoms with van der Waals surface area (Å²) in [5.41, 5.74) is 1.37. The Bertz CT molecular complexity index is 764. The van der Waals surface area contributed by atoms with Crippen molar-refractivity contribution in [1.29, 1.82) is 0 Å². The van der Waals surface area contributed by atoms with Gasteiger partial charge in [-0.3, -0.25) is 9.59 Å². The van der Waals surface area contributed by atoms with Crippen LogP contribution in [-0.4, -0.2) is 29.3 Å². The Hall–Kier alpha value is -2.69. The highest BCUT2D eigenvalue weighted by atomic mass is 19.1. The zero-order chi connectivity index (χ0) is 20.4. The molecule has 0 aliphatic heterocycles. The van der Waals surface area contributed by atoms with Crippen molar-refractivity contribution in [2.24, 2.45) is 0 Å². The molecule has 2 aromatic rings. The highest BCUT2D eigenvalue weighted by Gasteiger charge is 2.30. The molecule has 2 aromatic carbocycles. The molecule has 0 aromatic heterocycles. The second-order valence-electron chi connectivity index (χ2n) is 6.86. The molecule has 0 saturated carbocycles. The number of nitrogens with zero attached hydrogens (tertiary/aromatic N) is 1. The van der Waals surface area contributed by atoms with Crippen LogP contribution in [0.3, 0.4) is 0 Å². The molecule has 5 heteroatoms. The number of carbonyl (C=O) groups is 2. The molecule has 0 fully saturated rings. The summed E-state index contributed by atoms with van der Waals surface area (Å²) in [5.74, 6) is -0.714. The first-order chi connectivity index (χ1) is 13.6. The number of hydrogen-bond donors (Lipinski definition) is 1. The predicted molar refractivity (Wildman–Crippen MR) is 109 cm³/mol. The van der Waals surface area contributed by atoms with E-state index in [1.807, 2.05) is 44.2 Å². The van der Waals surface area contributed by atoms with Gasteiger partial charge in [0, 0.05) is 31.5 Å². The lowest BCUT2D eigenvalue weighted by atomic mass is 10.0. The summed E-state index contributed by atoms with van der Waals surface area (Å²) in [5, 5.41) is 2.90. The third kappa shape index (κ3) is 6.19. The molecule has 0 radical (unpaired) electrons. The van der Waals surface area contributed by atoms with Crippen LogP contribution in [0, 0.1) is 5.82 Å². The van der Waals surface area contributed by atoms with Crippen LogP contribution in [0.5, 0.6) is 0 Å². The Morgan fingerprint density at radius 1 is 1.00 bits per heavy atom. The molecular weight excluding hydrogens is 355 g/mol. The molecule has 2 amide bonds.